The Hall–Kier alpha value is -3.17. The molecule has 9 nitrogen and oxygen atoms in total. The molecule has 9 heteroatoms. The lowest BCUT2D eigenvalue weighted by Crippen LogP contribution is -2.43. The number of benzene rings is 2. The predicted molar refractivity (Wildman–Crippen MR) is 86.7 cm³/mol. The van der Waals surface area contributed by atoms with Crippen LogP contribution >= 0.6 is 0 Å². The van der Waals surface area contributed by atoms with Crippen LogP contribution < -0.4 is 5.48 Å². The molecule has 6 N–H and O–H groups in total. The number of nitrogens with one attached hydrogen (secondary N) is 1. The Kier molecular flexibility index (Phi) is 6.43. The van der Waals surface area contributed by atoms with Crippen LogP contribution in [0.2, 0.25) is 0 Å². The highest BCUT2D eigenvalue weighted by molar-refractivity contribution is 5.94. The molecular weight excluding hydrogens is 334 g/mol. The summed E-state index contributed by atoms with van der Waals surface area (Å²) in [7, 11) is 0. The number of anilines is 1. The summed E-state index contributed by atoms with van der Waals surface area (Å²) in [5.74, 6) is -4.46. The van der Waals surface area contributed by atoms with Gasteiger partial charge in [0.2, 0.25) is 0 Å². The zero-order valence-corrected chi connectivity index (χ0v) is 12.9. The Morgan fingerprint density at radius 2 is 1.64 bits per heavy atom. The lowest BCUT2D eigenvalue weighted by atomic mass is 9.96. The molecule has 2 aromatic carbocycles. The highest BCUT2D eigenvalue weighted by Gasteiger charge is 2.41. The van der Waals surface area contributed by atoms with Crippen molar-refractivity contribution in [3.8, 4) is 0 Å². The quantitative estimate of drug-likeness (QED) is 0.525. The third-order valence-corrected chi connectivity index (χ3v) is 3.34. The van der Waals surface area contributed by atoms with Crippen LogP contribution in [0.15, 0.2) is 42.5 Å². The maximum absolute atomic E-state index is 11.8. The van der Waals surface area contributed by atoms with Crippen LogP contribution in [-0.4, -0.2) is 44.3 Å². The predicted octanol–water partition coefficient (Wildman–Crippen LogP) is 0.566. The van der Waals surface area contributed by atoms with Crippen molar-refractivity contribution in [2.75, 3.05) is 5.48 Å². The van der Waals surface area contributed by atoms with E-state index in [1.165, 1.54) is 0 Å². The molecule has 0 fully saturated rings. The van der Waals surface area contributed by atoms with E-state index in [1.54, 1.807) is 24.3 Å². The smallest absolute Gasteiger partial charge is 0.336 e. The van der Waals surface area contributed by atoms with E-state index in [0.29, 0.717) is 5.69 Å². The summed E-state index contributed by atoms with van der Waals surface area (Å²) < 4.78 is 0. The second-order valence-electron chi connectivity index (χ2n) is 5.19. The third-order valence-electron chi connectivity index (χ3n) is 3.34. The third kappa shape index (κ3) is 4.90. The summed E-state index contributed by atoms with van der Waals surface area (Å²) in [4.78, 5) is 38.1. The number of carbonyl (C=O) groups is 3. The Labute approximate surface area is 141 Å². The molecule has 0 aromatic heterocycles. The summed E-state index contributed by atoms with van der Waals surface area (Å²) in [6.45, 7) is 0. The Morgan fingerprint density at radius 1 is 1.00 bits per heavy atom. The minimum atomic E-state index is -2.73. The molecule has 25 heavy (non-hydrogen) atoms. The number of rotatable bonds is 7. The monoisotopic (exact) mass is 351 g/mol. The molecule has 0 saturated carbocycles. The molecule has 0 saturated heterocycles. The first-order valence-electron chi connectivity index (χ1n) is 6.93. The summed E-state index contributed by atoms with van der Waals surface area (Å²) in [6.07, 6.45) is -2.13. The highest BCUT2D eigenvalue weighted by atomic mass is 16.7. The van der Waals surface area contributed by atoms with Crippen LogP contribution in [0.3, 0.4) is 0 Å². The molecule has 0 amide bonds. The van der Waals surface area contributed by atoms with E-state index in [2.05, 4.69) is 5.48 Å². The first kappa shape index (κ1) is 19.9. The second kappa shape index (κ2) is 8.08. The van der Waals surface area contributed by atoms with E-state index < -0.39 is 36.4 Å². The van der Waals surface area contributed by atoms with Gasteiger partial charge in [-0.25, -0.2) is 15.1 Å². The first-order chi connectivity index (χ1) is 11.3. The summed E-state index contributed by atoms with van der Waals surface area (Å²) in [6, 6.07) is 12.5. The van der Waals surface area contributed by atoms with Gasteiger partial charge in [0.1, 0.15) is 0 Å². The molecule has 0 aliphatic rings. The van der Waals surface area contributed by atoms with E-state index in [1.807, 2.05) is 18.2 Å². The van der Waals surface area contributed by atoms with Crippen LogP contribution in [0.1, 0.15) is 12.8 Å². The number of carbonyl (C=O) groups excluding carboxylic acids is 1. The van der Waals surface area contributed by atoms with Crippen LogP contribution in [0, 0.1) is 0 Å². The summed E-state index contributed by atoms with van der Waals surface area (Å²) in [5.41, 5.74) is 0.139. The Balaban J connectivity index is 0.00000312. The van der Waals surface area contributed by atoms with Crippen molar-refractivity contribution >= 4 is 34.4 Å². The van der Waals surface area contributed by atoms with Crippen LogP contribution in [0.5, 0.6) is 0 Å². The number of aliphatic hydroxyl groups is 1. The average Bonchev–Trinajstić information content (AvgIpc) is 2.51. The normalized spacial score (nSPS) is 12.5. The first-order valence-corrected chi connectivity index (χ1v) is 6.93. The fourth-order valence-corrected chi connectivity index (χ4v) is 2.17. The van der Waals surface area contributed by atoms with Crippen molar-refractivity contribution < 1.29 is 40.0 Å². The van der Waals surface area contributed by atoms with E-state index in [4.69, 9.17) is 15.1 Å². The molecule has 134 valence electrons. The van der Waals surface area contributed by atoms with Crippen molar-refractivity contribution in [2.24, 2.45) is 0 Å². The molecule has 0 spiro atoms. The topological polar surface area (TPSA) is 165 Å². The zero-order chi connectivity index (χ0) is 17.7. The lowest BCUT2D eigenvalue weighted by Gasteiger charge is -2.20. The minimum Gasteiger partial charge on any atom is -0.481 e. The van der Waals surface area contributed by atoms with E-state index in [9.17, 15) is 19.5 Å². The van der Waals surface area contributed by atoms with Gasteiger partial charge in [0.05, 0.1) is 18.5 Å². The van der Waals surface area contributed by atoms with Crippen LogP contribution in [0.25, 0.3) is 10.8 Å². The fraction of sp³-hybridized carbons (Fsp3) is 0.188. The van der Waals surface area contributed by atoms with Crippen molar-refractivity contribution in [3.63, 3.8) is 0 Å². The molecular formula is C16H17NO8. The molecule has 2 rings (SSSR count). The van der Waals surface area contributed by atoms with Crippen molar-refractivity contribution in [3.05, 3.63) is 42.5 Å². The summed E-state index contributed by atoms with van der Waals surface area (Å²) in [5, 5.41) is 29.0. The van der Waals surface area contributed by atoms with Crippen molar-refractivity contribution in [1.29, 1.82) is 0 Å². The second-order valence-corrected chi connectivity index (χ2v) is 5.19. The van der Waals surface area contributed by atoms with Crippen LogP contribution in [-0.2, 0) is 19.2 Å². The molecule has 0 radical (unpaired) electrons. The van der Waals surface area contributed by atoms with Gasteiger partial charge in [0.25, 0.3) is 0 Å². The number of aliphatic carboxylic acids is 2. The van der Waals surface area contributed by atoms with E-state index in [-0.39, 0.29) is 5.48 Å². The minimum absolute atomic E-state index is 0. The molecule has 1 atom stereocenters. The number of hydrogen-bond donors (Lipinski definition) is 4. The largest absolute Gasteiger partial charge is 0.481 e. The number of carboxylic acid groups (broad SMARTS) is 2. The van der Waals surface area contributed by atoms with Crippen LogP contribution in [0.4, 0.5) is 5.69 Å². The number of hydrogen-bond acceptors (Lipinski definition) is 6. The van der Waals surface area contributed by atoms with Gasteiger partial charge in [-0.2, -0.15) is 0 Å². The molecule has 0 bridgehead atoms. The maximum Gasteiger partial charge on any atom is 0.336 e. The van der Waals surface area contributed by atoms with Crippen molar-refractivity contribution in [2.45, 2.75) is 18.4 Å². The van der Waals surface area contributed by atoms with Gasteiger partial charge in [0, 0.05) is 5.39 Å². The fourth-order valence-electron chi connectivity index (χ4n) is 2.17. The van der Waals surface area contributed by atoms with Gasteiger partial charge in [-0.05, 0) is 11.5 Å². The van der Waals surface area contributed by atoms with Gasteiger partial charge >= 0.3 is 17.9 Å². The van der Waals surface area contributed by atoms with Gasteiger partial charge < -0.3 is 25.6 Å². The summed E-state index contributed by atoms with van der Waals surface area (Å²) >= 11 is 0. The van der Waals surface area contributed by atoms with Crippen molar-refractivity contribution in [1.82, 2.24) is 0 Å². The molecule has 0 heterocycles. The Bertz CT molecular complexity index is 785. The lowest BCUT2D eigenvalue weighted by molar-refractivity contribution is -0.171. The Morgan fingerprint density at radius 3 is 2.28 bits per heavy atom. The zero-order valence-electron chi connectivity index (χ0n) is 12.9. The van der Waals surface area contributed by atoms with Gasteiger partial charge in [-0.3, -0.25) is 4.79 Å². The van der Waals surface area contributed by atoms with E-state index in [0.717, 1.165) is 10.8 Å². The molecule has 1 unspecified atom stereocenters. The van der Waals surface area contributed by atoms with E-state index >= 15 is 0 Å². The number of fused-ring (bicyclic) bond motifs is 1. The highest BCUT2D eigenvalue weighted by Crippen LogP contribution is 2.23. The number of carboxylic acids is 2. The molecule has 2 aromatic rings. The molecule has 0 aliphatic heterocycles. The SMILES string of the molecule is O.O=C(O)CC(O)(CC(=O)ONc1cccc2ccccc12)C(=O)O. The maximum atomic E-state index is 11.8. The van der Waals surface area contributed by atoms with Gasteiger partial charge in [0.15, 0.2) is 5.60 Å². The average molecular weight is 351 g/mol. The van der Waals surface area contributed by atoms with Gasteiger partial charge in [-0.1, -0.05) is 36.4 Å². The standard InChI is InChI=1S/C16H15NO7.H2O/c18-13(19)8-16(23,15(21)22)9-14(20)24-17-12-7-3-5-10-4-1-2-6-11(10)12;/h1-7,17,23H,8-9H2,(H,18,19)(H,21,22);1H2. The van der Waals surface area contributed by atoms with Gasteiger partial charge in [-0.15, -0.1) is 0 Å². The molecule has 0 aliphatic carbocycles.